The van der Waals surface area contributed by atoms with Crippen LogP contribution in [-0.4, -0.2) is 5.11 Å². The molecular formula is C11H11ClOS2. The average molecular weight is 259 g/mol. The fourth-order valence-electron chi connectivity index (χ4n) is 1.56. The molecule has 0 aliphatic rings. The van der Waals surface area contributed by atoms with Gasteiger partial charge in [-0.25, -0.2) is 0 Å². The van der Waals surface area contributed by atoms with Crippen molar-refractivity contribution in [1.29, 1.82) is 0 Å². The van der Waals surface area contributed by atoms with Gasteiger partial charge in [0.2, 0.25) is 0 Å². The topological polar surface area (TPSA) is 20.2 Å². The molecule has 1 N–H and O–H groups in total. The Kier molecular flexibility index (Phi) is 2.90. The van der Waals surface area contributed by atoms with Gasteiger partial charge in [0.25, 0.3) is 0 Å². The summed E-state index contributed by atoms with van der Waals surface area (Å²) in [6.45, 7) is 3.82. The summed E-state index contributed by atoms with van der Waals surface area (Å²) in [6, 6.07) is 5.72. The highest BCUT2D eigenvalue weighted by atomic mass is 35.5. The van der Waals surface area contributed by atoms with Crippen LogP contribution >= 0.6 is 34.3 Å². The summed E-state index contributed by atoms with van der Waals surface area (Å²) in [5, 5.41) is 12.5. The third kappa shape index (κ3) is 1.97. The van der Waals surface area contributed by atoms with Crippen molar-refractivity contribution < 1.29 is 5.11 Å². The summed E-state index contributed by atoms with van der Waals surface area (Å²) >= 11 is 8.88. The summed E-state index contributed by atoms with van der Waals surface area (Å²) in [6.07, 6.45) is 0. The summed E-state index contributed by atoms with van der Waals surface area (Å²) in [5.41, 5.74) is 0.199. The molecule has 0 aliphatic heterocycles. The van der Waals surface area contributed by atoms with Crippen LogP contribution in [0.25, 0.3) is 0 Å². The fraction of sp³-hybridized carbons (Fsp3) is 0.273. The summed E-state index contributed by atoms with van der Waals surface area (Å²) < 4.78 is 0.708. The molecule has 0 aliphatic carbocycles. The van der Waals surface area contributed by atoms with E-state index in [0.29, 0.717) is 4.34 Å². The van der Waals surface area contributed by atoms with Gasteiger partial charge >= 0.3 is 0 Å². The number of halogens is 1. The van der Waals surface area contributed by atoms with E-state index in [2.05, 4.69) is 0 Å². The second-order valence-electron chi connectivity index (χ2n) is 3.61. The highest BCUT2D eigenvalue weighted by molar-refractivity contribution is 7.16. The molecule has 2 heterocycles. The summed E-state index contributed by atoms with van der Waals surface area (Å²) in [5.74, 6) is 0. The first-order chi connectivity index (χ1) is 7.01. The van der Waals surface area contributed by atoms with Crippen LogP contribution in [0.3, 0.4) is 0 Å². The SMILES string of the molecule is Cc1ccsc1C(C)(O)c1ccc(Cl)s1. The van der Waals surface area contributed by atoms with E-state index in [9.17, 15) is 5.11 Å². The lowest BCUT2D eigenvalue weighted by Crippen LogP contribution is -2.20. The van der Waals surface area contributed by atoms with Gasteiger partial charge in [-0.1, -0.05) is 11.6 Å². The smallest absolute Gasteiger partial charge is 0.130 e. The lowest BCUT2D eigenvalue weighted by atomic mass is 10.00. The largest absolute Gasteiger partial charge is 0.379 e. The zero-order chi connectivity index (χ0) is 11.1. The predicted molar refractivity (Wildman–Crippen MR) is 67.1 cm³/mol. The molecule has 0 spiro atoms. The summed E-state index contributed by atoms with van der Waals surface area (Å²) in [4.78, 5) is 1.87. The molecule has 0 radical (unpaired) electrons. The highest BCUT2D eigenvalue weighted by Gasteiger charge is 2.30. The molecule has 1 unspecified atom stereocenters. The second-order valence-corrected chi connectivity index (χ2v) is 6.24. The first kappa shape index (κ1) is 11.1. The van der Waals surface area contributed by atoms with E-state index in [-0.39, 0.29) is 0 Å². The van der Waals surface area contributed by atoms with Gasteiger partial charge in [0, 0.05) is 9.75 Å². The molecule has 0 fully saturated rings. The molecule has 4 heteroatoms. The van der Waals surface area contributed by atoms with E-state index in [1.54, 1.807) is 11.3 Å². The van der Waals surface area contributed by atoms with Crippen molar-refractivity contribution in [3.05, 3.63) is 43.2 Å². The lowest BCUT2D eigenvalue weighted by molar-refractivity contribution is 0.110. The second kappa shape index (κ2) is 3.91. The van der Waals surface area contributed by atoms with E-state index in [1.807, 2.05) is 37.4 Å². The maximum Gasteiger partial charge on any atom is 0.130 e. The Morgan fingerprint density at radius 3 is 2.53 bits per heavy atom. The minimum atomic E-state index is -0.921. The Hall–Kier alpha value is -0.350. The van der Waals surface area contributed by atoms with Crippen LogP contribution in [0.5, 0.6) is 0 Å². The highest BCUT2D eigenvalue weighted by Crippen LogP contribution is 2.39. The quantitative estimate of drug-likeness (QED) is 0.862. The molecule has 80 valence electrons. The standard InChI is InChI=1S/C11H11ClOS2/c1-7-5-6-14-10(7)11(2,13)8-3-4-9(12)15-8/h3-6,13H,1-2H3. The molecule has 1 nitrogen and oxygen atoms in total. The number of aryl methyl sites for hydroxylation is 1. The van der Waals surface area contributed by atoms with Gasteiger partial charge < -0.3 is 5.11 Å². The van der Waals surface area contributed by atoms with E-state index in [4.69, 9.17) is 11.6 Å². The van der Waals surface area contributed by atoms with Crippen molar-refractivity contribution in [1.82, 2.24) is 0 Å². The van der Waals surface area contributed by atoms with Crippen LogP contribution in [0.4, 0.5) is 0 Å². The normalized spacial score (nSPS) is 15.2. The van der Waals surface area contributed by atoms with Gasteiger partial charge in [0.05, 0.1) is 4.34 Å². The van der Waals surface area contributed by atoms with Crippen LogP contribution in [-0.2, 0) is 5.60 Å². The third-order valence-electron chi connectivity index (χ3n) is 2.36. The van der Waals surface area contributed by atoms with Gasteiger partial charge in [-0.05, 0) is 43.0 Å². The van der Waals surface area contributed by atoms with Crippen LogP contribution in [0.2, 0.25) is 4.34 Å². The van der Waals surface area contributed by atoms with E-state index < -0.39 is 5.60 Å². The first-order valence-electron chi connectivity index (χ1n) is 4.54. The number of hydrogen-bond acceptors (Lipinski definition) is 3. The Bertz CT molecular complexity index is 470. The van der Waals surface area contributed by atoms with Crippen LogP contribution < -0.4 is 0 Å². The molecule has 2 rings (SSSR count). The van der Waals surface area contributed by atoms with Crippen molar-refractivity contribution in [2.45, 2.75) is 19.4 Å². The van der Waals surface area contributed by atoms with Crippen LogP contribution in [0.15, 0.2) is 23.6 Å². The zero-order valence-electron chi connectivity index (χ0n) is 8.45. The van der Waals surface area contributed by atoms with Gasteiger partial charge in [0.15, 0.2) is 0 Å². The molecule has 0 bridgehead atoms. The van der Waals surface area contributed by atoms with Crippen molar-refractivity contribution in [2.24, 2.45) is 0 Å². The van der Waals surface area contributed by atoms with E-state index in [1.165, 1.54) is 11.3 Å². The molecule has 0 saturated carbocycles. The minimum absolute atomic E-state index is 0.708. The van der Waals surface area contributed by atoms with Gasteiger partial charge in [-0.3, -0.25) is 0 Å². The Balaban J connectivity index is 2.47. The molecule has 1 atom stereocenters. The maximum absolute atomic E-state index is 10.5. The van der Waals surface area contributed by atoms with Gasteiger partial charge in [0.1, 0.15) is 5.60 Å². The molecule has 0 amide bonds. The average Bonchev–Trinajstić information content (AvgIpc) is 2.74. The number of rotatable bonds is 2. The molecule has 0 saturated heterocycles. The Labute approximate surface area is 102 Å². The van der Waals surface area contributed by atoms with Crippen LogP contribution in [0, 0.1) is 6.92 Å². The van der Waals surface area contributed by atoms with Gasteiger partial charge in [-0.15, -0.1) is 22.7 Å². The van der Waals surface area contributed by atoms with E-state index >= 15 is 0 Å². The van der Waals surface area contributed by atoms with E-state index in [0.717, 1.165) is 15.3 Å². The molecule has 2 aromatic heterocycles. The van der Waals surface area contributed by atoms with Gasteiger partial charge in [-0.2, -0.15) is 0 Å². The van der Waals surface area contributed by atoms with Crippen molar-refractivity contribution >= 4 is 34.3 Å². The minimum Gasteiger partial charge on any atom is -0.379 e. The van der Waals surface area contributed by atoms with Crippen LogP contribution in [0.1, 0.15) is 22.2 Å². The lowest BCUT2D eigenvalue weighted by Gasteiger charge is -2.21. The Morgan fingerprint density at radius 1 is 1.33 bits per heavy atom. The first-order valence-corrected chi connectivity index (χ1v) is 6.62. The Morgan fingerprint density at radius 2 is 2.07 bits per heavy atom. The fourth-order valence-corrected chi connectivity index (χ4v) is 3.72. The molecule has 0 aromatic carbocycles. The van der Waals surface area contributed by atoms with Crippen molar-refractivity contribution in [2.75, 3.05) is 0 Å². The van der Waals surface area contributed by atoms with Crippen molar-refractivity contribution in [3.8, 4) is 0 Å². The van der Waals surface area contributed by atoms with Crippen molar-refractivity contribution in [3.63, 3.8) is 0 Å². The maximum atomic E-state index is 10.5. The zero-order valence-corrected chi connectivity index (χ0v) is 10.8. The third-order valence-corrected chi connectivity index (χ3v) is 5.03. The number of aliphatic hydroxyl groups is 1. The number of thiophene rings is 2. The summed E-state index contributed by atoms with van der Waals surface area (Å²) in [7, 11) is 0. The predicted octanol–water partition coefficient (Wildman–Crippen LogP) is 4.03. The monoisotopic (exact) mass is 258 g/mol. The molecular weight excluding hydrogens is 248 g/mol. The number of hydrogen-bond donors (Lipinski definition) is 1. The molecule has 2 aromatic rings. The molecule has 15 heavy (non-hydrogen) atoms.